The van der Waals surface area contributed by atoms with E-state index in [9.17, 15) is 9.59 Å². The number of ether oxygens (including phenoxy) is 1. The molecule has 1 aromatic rings. The van der Waals surface area contributed by atoms with Gasteiger partial charge in [0.1, 0.15) is 5.69 Å². The highest BCUT2D eigenvalue weighted by atomic mass is 35.5. The van der Waals surface area contributed by atoms with Crippen molar-refractivity contribution in [2.75, 3.05) is 46.4 Å². The molecule has 1 aromatic heterocycles. The first-order chi connectivity index (χ1) is 13.2. The van der Waals surface area contributed by atoms with Crippen LogP contribution in [0.1, 0.15) is 48.6 Å². The van der Waals surface area contributed by atoms with Crippen LogP contribution in [-0.2, 0) is 9.53 Å². The molecule has 9 heteroatoms. The van der Waals surface area contributed by atoms with Gasteiger partial charge in [-0.25, -0.2) is 0 Å². The van der Waals surface area contributed by atoms with E-state index in [1.807, 2.05) is 10.9 Å². The Morgan fingerprint density at radius 3 is 2.79 bits per heavy atom. The zero-order chi connectivity index (χ0) is 19.1. The number of methoxy groups -OCH3 is 1. The molecule has 158 valence electrons. The highest BCUT2D eigenvalue weighted by molar-refractivity contribution is 5.92. The van der Waals surface area contributed by atoms with Gasteiger partial charge in [-0.15, -0.1) is 12.4 Å². The van der Waals surface area contributed by atoms with Gasteiger partial charge in [0.15, 0.2) is 0 Å². The number of amides is 1. The number of aromatic nitrogens is 2. The van der Waals surface area contributed by atoms with Crippen LogP contribution in [0.3, 0.4) is 0 Å². The Morgan fingerprint density at radius 2 is 2.11 bits per heavy atom. The molecule has 1 amide bonds. The molecular weight excluding hydrogens is 382 g/mol. The van der Waals surface area contributed by atoms with Crippen molar-refractivity contribution in [3.63, 3.8) is 0 Å². The first kappa shape index (κ1) is 22.6. The van der Waals surface area contributed by atoms with Gasteiger partial charge in [0.25, 0.3) is 5.91 Å². The summed E-state index contributed by atoms with van der Waals surface area (Å²) in [6.45, 7) is 5.35. The molecule has 28 heavy (non-hydrogen) atoms. The molecule has 2 saturated heterocycles. The highest BCUT2D eigenvalue weighted by Gasteiger charge is 2.25. The number of nitrogens with one attached hydrogen (secondary N) is 2. The SMILES string of the molecule is COC(=O)C1CCN(CCCNC(=O)c2ccn(C3CCCNC3)n2)CC1.Cl. The molecule has 1 atom stereocenters. The minimum Gasteiger partial charge on any atom is -0.469 e. The smallest absolute Gasteiger partial charge is 0.308 e. The van der Waals surface area contributed by atoms with Gasteiger partial charge in [0.05, 0.1) is 19.1 Å². The maximum atomic E-state index is 12.3. The van der Waals surface area contributed by atoms with E-state index in [4.69, 9.17) is 4.74 Å². The van der Waals surface area contributed by atoms with E-state index in [0.717, 1.165) is 64.8 Å². The zero-order valence-electron chi connectivity index (χ0n) is 16.6. The third-order valence-corrected chi connectivity index (χ3v) is 5.54. The van der Waals surface area contributed by atoms with Gasteiger partial charge in [-0.05, 0) is 64.3 Å². The van der Waals surface area contributed by atoms with Crippen LogP contribution in [0.2, 0.25) is 0 Å². The Kier molecular flexibility index (Phi) is 9.21. The van der Waals surface area contributed by atoms with Crippen LogP contribution in [-0.4, -0.2) is 72.9 Å². The topological polar surface area (TPSA) is 88.5 Å². The molecule has 2 fully saturated rings. The van der Waals surface area contributed by atoms with Gasteiger partial charge in [0.2, 0.25) is 0 Å². The molecule has 2 aliphatic rings. The van der Waals surface area contributed by atoms with E-state index < -0.39 is 0 Å². The second-order valence-corrected chi connectivity index (χ2v) is 7.43. The molecule has 0 aliphatic carbocycles. The molecule has 2 N–H and O–H groups in total. The lowest BCUT2D eigenvalue weighted by molar-refractivity contribution is -0.147. The Bertz CT molecular complexity index is 625. The van der Waals surface area contributed by atoms with Crippen molar-refractivity contribution in [2.45, 2.75) is 38.1 Å². The summed E-state index contributed by atoms with van der Waals surface area (Å²) in [6, 6.07) is 2.13. The van der Waals surface area contributed by atoms with E-state index in [1.54, 1.807) is 6.07 Å². The quantitative estimate of drug-likeness (QED) is 0.516. The highest BCUT2D eigenvalue weighted by Crippen LogP contribution is 2.18. The van der Waals surface area contributed by atoms with Crippen LogP contribution in [0.5, 0.6) is 0 Å². The first-order valence-electron chi connectivity index (χ1n) is 10.0. The number of nitrogens with zero attached hydrogens (tertiary/aromatic N) is 3. The Balaban J connectivity index is 0.00000280. The predicted octanol–water partition coefficient (Wildman–Crippen LogP) is 1.23. The Labute approximate surface area is 172 Å². The van der Waals surface area contributed by atoms with Crippen LogP contribution in [0.15, 0.2) is 12.3 Å². The molecule has 0 saturated carbocycles. The first-order valence-corrected chi connectivity index (χ1v) is 10.0. The molecule has 0 radical (unpaired) electrons. The minimum absolute atomic E-state index is 0. The summed E-state index contributed by atoms with van der Waals surface area (Å²) in [4.78, 5) is 26.2. The second kappa shape index (κ2) is 11.4. The maximum absolute atomic E-state index is 12.3. The number of esters is 1. The molecular formula is C19H32ClN5O3. The maximum Gasteiger partial charge on any atom is 0.308 e. The zero-order valence-corrected chi connectivity index (χ0v) is 17.4. The van der Waals surface area contributed by atoms with Crippen molar-refractivity contribution in [2.24, 2.45) is 5.92 Å². The van der Waals surface area contributed by atoms with Crippen LogP contribution >= 0.6 is 12.4 Å². The van der Waals surface area contributed by atoms with E-state index in [2.05, 4.69) is 20.6 Å². The van der Waals surface area contributed by atoms with Crippen molar-refractivity contribution >= 4 is 24.3 Å². The molecule has 0 aromatic carbocycles. The molecule has 0 bridgehead atoms. The van der Waals surface area contributed by atoms with Crippen molar-refractivity contribution in [3.05, 3.63) is 18.0 Å². The van der Waals surface area contributed by atoms with Gasteiger partial charge in [-0.2, -0.15) is 5.10 Å². The molecule has 0 spiro atoms. The summed E-state index contributed by atoms with van der Waals surface area (Å²) in [6.07, 6.45) is 6.74. The van der Waals surface area contributed by atoms with Gasteiger partial charge in [-0.1, -0.05) is 0 Å². The van der Waals surface area contributed by atoms with Gasteiger partial charge in [0, 0.05) is 19.3 Å². The molecule has 3 heterocycles. The standard InChI is InChI=1S/C19H31N5O3.ClH/c1-27-19(26)15-5-11-23(12-6-15)10-3-9-21-18(25)17-7-13-24(22-17)16-4-2-8-20-14-16;/h7,13,15-16,20H,2-6,8-12,14H2,1H3,(H,21,25);1H. The van der Waals surface area contributed by atoms with Gasteiger partial charge >= 0.3 is 5.97 Å². The largest absolute Gasteiger partial charge is 0.469 e. The molecule has 1 unspecified atom stereocenters. The van der Waals surface area contributed by atoms with Crippen LogP contribution < -0.4 is 10.6 Å². The summed E-state index contributed by atoms with van der Waals surface area (Å²) in [7, 11) is 1.45. The lowest BCUT2D eigenvalue weighted by Gasteiger charge is -2.30. The average Bonchev–Trinajstić information content (AvgIpc) is 3.22. The van der Waals surface area contributed by atoms with Gasteiger partial charge < -0.3 is 20.3 Å². The van der Waals surface area contributed by atoms with Crippen molar-refractivity contribution < 1.29 is 14.3 Å². The summed E-state index contributed by atoms with van der Waals surface area (Å²) < 4.78 is 6.73. The van der Waals surface area contributed by atoms with Crippen LogP contribution in [0.25, 0.3) is 0 Å². The number of carbonyl (C=O) groups excluding carboxylic acids is 2. The Hall–Kier alpha value is -1.64. The fourth-order valence-electron chi connectivity index (χ4n) is 3.88. The summed E-state index contributed by atoms with van der Waals surface area (Å²) in [5.41, 5.74) is 0.486. The lowest BCUT2D eigenvalue weighted by Crippen LogP contribution is -2.38. The van der Waals surface area contributed by atoms with Crippen LogP contribution in [0, 0.1) is 5.92 Å². The van der Waals surface area contributed by atoms with E-state index in [-0.39, 0.29) is 30.2 Å². The van der Waals surface area contributed by atoms with E-state index in [0.29, 0.717) is 18.3 Å². The Morgan fingerprint density at radius 1 is 1.32 bits per heavy atom. The fraction of sp³-hybridized carbons (Fsp3) is 0.737. The fourth-order valence-corrected chi connectivity index (χ4v) is 3.88. The minimum atomic E-state index is -0.109. The number of rotatable bonds is 7. The van der Waals surface area contributed by atoms with Crippen LogP contribution in [0.4, 0.5) is 0 Å². The third kappa shape index (κ3) is 6.18. The average molecular weight is 414 g/mol. The van der Waals surface area contributed by atoms with Gasteiger partial charge in [-0.3, -0.25) is 14.3 Å². The number of hydrogen-bond donors (Lipinski definition) is 2. The molecule has 8 nitrogen and oxygen atoms in total. The number of carbonyl (C=O) groups is 2. The number of likely N-dealkylation sites (tertiary alicyclic amines) is 1. The number of piperidine rings is 2. The monoisotopic (exact) mass is 413 g/mol. The van der Waals surface area contributed by atoms with E-state index in [1.165, 1.54) is 7.11 Å². The third-order valence-electron chi connectivity index (χ3n) is 5.54. The van der Waals surface area contributed by atoms with Crippen molar-refractivity contribution in [3.8, 4) is 0 Å². The predicted molar refractivity (Wildman–Crippen MR) is 109 cm³/mol. The molecule has 3 rings (SSSR count). The second-order valence-electron chi connectivity index (χ2n) is 7.43. The normalized spacial score (nSPS) is 21.0. The van der Waals surface area contributed by atoms with E-state index >= 15 is 0 Å². The summed E-state index contributed by atoms with van der Waals surface area (Å²) in [5, 5.41) is 10.8. The summed E-state index contributed by atoms with van der Waals surface area (Å²) >= 11 is 0. The lowest BCUT2D eigenvalue weighted by atomic mass is 9.97. The number of hydrogen-bond acceptors (Lipinski definition) is 6. The summed E-state index contributed by atoms with van der Waals surface area (Å²) in [5.74, 6) is -0.160. The molecule has 2 aliphatic heterocycles. The van der Waals surface area contributed by atoms with Crippen molar-refractivity contribution in [1.29, 1.82) is 0 Å². The van der Waals surface area contributed by atoms with Crippen molar-refractivity contribution in [1.82, 2.24) is 25.3 Å². The number of halogens is 1.